The third-order valence-electron chi connectivity index (χ3n) is 4.52. The van der Waals surface area contributed by atoms with Crippen molar-refractivity contribution in [1.82, 2.24) is 10.6 Å². The number of aliphatic imine (C=N–C) groups is 1. The maximum Gasteiger partial charge on any atom is 0.255 e. The molecule has 0 bridgehead atoms. The van der Waals surface area contributed by atoms with Crippen molar-refractivity contribution in [2.45, 2.75) is 46.7 Å². The van der Waals surface area contributed by atoms with Gasteiger partial charge in [0.25, 0.3) is 5.91 Å². The second-order valence-corrected chi connectivity index (χ2v) is 7.80. The molecule has 7 heteroatoms. The van der Waals surface area contributed by atoms with E-state index in [0.717, 1.165) is 24.5 Å². The molecule has 4 N–H and O–H groups in total. The molecule has 2 rings (SSSR count). The fourth-order valence-corrected chi connectivity index (χ4v) is 3.08. The molecule has 0 heterocycles. The summed E-state index contributed by atoms with van der Waals surface area (Å²) in [5, 5.41) is 6.76. The van der Waals surface area contributed by atoms with Crippen molar-refractivity contribution < 1.29 is 9.53 Å². The Labute approximate surface area is 203 Å². The third kappa shape index (κ3) is 10.0. The molecule has 31 heavy (non-hydrogen) atoms. The van der Waals surface area contributed by atoms with E-state index < -0.39 is 5.91 Å². The van der Waals surface area contributed by atoms with Gasteiger partial charge in [0.15, 0.2) is 12.6 Å². The molecular weight excluding hydrogens is 503 g/mol. The largest absolute Gasteiger partial charge is 0.484 e. The molecule has 0 saturated heterocycles. The number of rotatable bonds is 10. The van der Waals surface area contributed by atoms with Crippen LogP contribution < -0.4 is 21.1 Å². The van der Waals surface area contributed by atoms with Crippen molar-refractivity contribution in [3.63, 3.8) is 0 Å². The number of guanidine groups is 1. The van der Waals surface area contributed by atoms with Crippen LogP contribution in [0.2, 0.25) is 0 Å². The van der Waals surface area contributed by atoms with Crippen LogP contribution in [-0.4, -0.2) is 25.0 Å². The summed E-state index contributed by atoms with van der Waals surface area (Å²) in [5.41, 5.74) is 8.70. The number of benzene rings is 2. The van der Waals surface area contributed by atoms with Crippen LogP contribution in [0.25, 0.3) is 0 Å². The van der Waals surface area contributed by atoms with Gasteiger partial charge in [-0.1, -0.05) is 50.2 Å². The van der Waals surface area contributed by atoms with E-state index >= 15 is 0 Å². The molecule has 0 fully saturated rings. The van der Waals surface area contributed by atoms with Gasteiger partial charge in [-0.15, -0.1) is 24.0 Å². The first-order chi connectivity index (χ1) is 14.4. The number of nitrogens with one attached hydrogen (secondary N) is 2. The van der Waals surface area contributed by atoms with Gasteiger partial charge in [-0.3, -0.25) is 4.79 Å². The van der Waals surface area contributed by atoms with Crippen molar-refractivity contribution in [3.05, 3.63) is 65.2 Å². The minimum atomic E-state index is -0.497. The summed E-state index contributed by atoms with van der Waals surface area (Å²) in [5.74, 6) is 1.51. The number of hydrogen-bond acceptors (Lipinski definition) is 3. The standard InChI is InChI=1S/C24H34N4O2.HI/c1-5-26-24(27-15-20-7-6-8-22(14-20)30-16-23(25)29)28-18(4)21-11-9-19(10-12-21)13-17(2)3;/h6-12,14,17-18H,5,13,15-16H2,1-4H3,(H2,25,29)(H2,26,27,28);1H. The van der Waals surface area contributed by atoms with E-state index in [1.54, 1.807) is 6.07 Å². The molecule has 0 radical (unpaired) electrons. The Morgan fingerprint density at radius 2 is 1.81 bits per heavy atom. The molecular formula is C24H35IN4O2. The molecule has 2 aromatic carbocycles. The molecule has 0 aromatic heterocycles. The average Bonchev–Trinajstić information content (AvgIpc) is 2.71. The van der Waals surface area contributed by atoms with Crippen LogP contribution in [0.1, 0.15) is 50.4 Å². The topological polar surface area (TPSA) is 88.7 Å². The van der Waals surface area contributed by atoms with Crippen molar-refractivity contribution in [1.29, 1.82) is 0 Å². The third-order valence-corrected chi connectivity index (χ3v) is 4.52. The lowest BCUT2D eigenvalue weighted by atomic mass is 10.00. The number of ether oxygens (including phenoxy) is 1. The van der Waals surface area contributed by atoms with Crippen molar-refractivity contribution in [2.75, 3.05) is 13.2 Å². The second kappa shape index (κ2) is 13.9. The quantitative estimate of drug-likeness (QED) is 0.241. The van der Waals surface area contributed by atoms with Gasteiger partial charge in [0.1, 0.15) is 5.75 Å². The van der Waals surface area contributed by atoms with Crippen LogP contribution in [0.3, 0.4) is 0 Å². The first-order valence-corrected chi connectivity index (χ1v) is 10.5. The number of primary amides is 1. The zero-order valence-corrected chi connectivity index (χ0v) is 21.2. The highest BCUT2D eigenvalue weighted by Gasteiger charge is 2.08. The molecule has 1 atom stereocenters. The van der Waals surface area contributed by atoms with Gasteiger partial charge in [-0.2, -0.15) is 0 Å². The number of halogens is 1. The molecule has 0 spiro atoms. The second-order valence-electron chi connectivity index (χ2n) is 7.80. The Kier molecular flexibility index (Phi) is 12.0. The van der Waals surface area contributed by atoms with Gasteiger partial charge in [0.05, 0.1) is 12.6 Å². The van der Waals surface area contributed by atoms with Gasteiger partial charge in [-0.25, -0.2) is 4.99 Å². The van der Waals surface area contributed by atoms with E-state index in [1.807, 2.05) is 25.1 Å². The van der Waals surface area contributed by atoms with Crippen molar-refractivity contribution in [2.24, 2.45) is 16.6 Å². The molecule has 0 aliphatic carbocycles. The van der Waals surface area contributed by atoms with Crippen LogP contribution in [0.5, 0.6) is 5.75 Å². The van der Waals surface area contributed by atoms with Gasteiger partial charge in [0, 0.05) is 6.54 Å². The van der Waals surface area contributed by atoms with E-state index in [1.165, 1.54) is 11.1 Å². The Bertz CT molecular complexity index is 838. The first kappa shape index (κ1) is 26.7. The van der Waals surface area contributed by atoms with Crippen LogP contribution in [0.15, 0.2) is 53.5 Å². The SMILES string of the molecule is CCNC(=NCc1cccc(OCC(N)=O)c1)NC(C)c1ccc(CC(C)C)cc1.I. The number of amides is 1. The Hall–Kier alpha value is -2.29. The van der Waals surface area contributed by atoms with Crippen LogP contribution in [-0.2, 0) is 17.8 Å². The van der Waals surface area contributed by atoms with Crippen molar-refractivity contribution >= 4 is 35.8 Å². The molecule has 0 aliphatic rings. The first-order valence-electron chi connectivity index (χ1n) is 10.5. The van der Waals surface area contributed by atoms with E-state index in [2.05, 4.69) is 60.7 Å². The molecule has 170 valence electrons. The zero-order valence-electron chi connectivity index (χ0n) is 18.9. The average molecular weight is 538 g/mol. The lowest BCUT2D eigenvalue weighted by Crippen LogP contribution is -2.38. The molecule has 0 aliphatic heterocycles. The zero-order chi connectivity index (χ0) is 21.9. The smallest absolute Gasteiger partial charge is 0.255 e. The van der Waals surface area contributed by atoms with Crippen molar-refractivity contribution in [3.8, 4) is 5.75 Å². The number of nitrogens with zero attached hydrogens (tertiary/aromatic N) is 1. The van der Waals surface area contributed by atoms with E-state index in [4.69, 9.17) is 10.5 Å². The fourth-order valence-electron chi connectivity index (χ4n) is 3.08. The van der Waals surface area contributed by atoms with Crippen LogP contribution >= 0.6 is 24.0 Å². The maximum atomic E-state index is 10.9. The highest BCUT2D eigenvalue weighted by atomic mass is 127. The summed E-state index contributed by atoms with van der Waals surface area (Å²) in [7, 11) is 0. The van der Waals surface area contributed by atoms with E-state index in [-0.39, 0.29) is 36.6 Å². The monoisotopic (exact) mass is 538 g/mol. The Balaban J connectivity index is 0.00000480. The highest BCUT2D eigenvalue weighted by molar-refractivity contribution is 14.0. The summed E-state index contributed by atoms with van der Waals surface area (Å²) in [6.45, 7) is 9.76. The summed E-state index contributed by atoms with van der Waals surface area (Å²) in [6, 6.07) is 16.4. The molecule has 0 saturated carbocycles. The molecule has 1 unspecified atom stereocenters. The minimum absolute atomic E-state index is 0. The number of carbonyl (C=O) groups is 1. The molecule has 2 aromatic rings. The number of carbonyl (C=O) groups excluding carboxylic acids is 1. The number of hydrogen-bond donors (Lipinski definition) is 3. The van der Waals surface area contributed by atoms with Gasteiger partial charge >= 0.3 is 0 Å². The fraction of sp³-hybridized carbons (Fsp3) is 0.417. The predicted molar refractivity (Wildman–Crippen MR) is 138 cm³/mol. The Morgan fingerprint density at radius 3 is 2.42 bits per heavy atom. The lowest BCUT2D eigenvalue weighted by molar-refractivity contribution is -0.119. The van der Waals surface area contributed by atoms with Crippen LogP contribution in [0, 0.1) is 5.92 Å². The molecule has 1 amide bonds. The maximum absolute atomic E-state index is 10.9. The summed E-state index contributed by atoms with van der Waals surface area (Å²) >= 11 is 0. The predicted octanol–water partition coefficient (Wildman–Crippen LogP) is 4.18. The van der Waals surface area contributed by atoms with E-state index in [9.17, 15) is 4.79 Å². The molecule has 6 nitrogen and oxygen atoms in total. The lowest BCUT2D eigenvalue weighted by Gasteiger charge is -2.19. The summed E-state index contributed by atoms with van der Waals surface area (Å²) < 4.78 is 5.36. The van der Waals surface area contributed by atoms with Gasteiger partial charge in [-0.05, 0) is 55.0 Å². The van der Waals surface area contributed by atoms with Gasteiger partial charge in [0.2, 0.25) is 0 Å². The summed E-state index contributed by atoms with van der Waals surface area (Å²) in [6.07, 6.45) is 1.09. The normalized spacial score (nSPS) is 12.1. The van der Waals surface area contributed by atoms with Gasteiger partial charge < -0.3 is 21.1 Å². The van der Waals surface area contributed by atoms with E-state index in [0.29, 0.717) is 18.2 Å². The van der Waals surface area contributed by atoms with Crippen LogP contribution in [0.4, 0.5) is 0 Å². The summed E-state index contributed by atoms with van der Waals surface area (Å²) in [4.78, 5) is 15.6. The Morgan fingerprint density at radius 1 is 1.10 bits per heavy atom. The minimum Gasteiger partial charge on any atom is -0.484 e. The highest BCUT2D eigenvalue weighted by Crippen LogP contribution is 2.16. The number of nitrogens with two attached hydrogens (primary N) is 1.